The summed E-state index contributed by atoms with van der Waals surface area (Å²) in [5.41, 5.74) is 1.95. The minimum Gasteiger partial charge on any atom is -0.493 e. The Morgan fingerprint density at radius 3 is 2.50 bits per heavy atom. The highest BCUT2D eigenvalue weighted by atomic mass is 35.5. The number of hydrogen-bond donors (Lipinski definition) is 0. The number of benzene rings is 2. The van der Waals surface area contributed by atoms with Gasteiger partial charge in [0, 0.05) is 13.6 Å². The predicted octanol–water partition coefficient (Wildman–Crippen LogP) is 4.35. The SMILES string of the molecule is COc1cc(C)ccc1OCC(=O)N(C)Cc1ccc(Cl)c(Cl)c1. The summed E-state index contributed by atoms with van der Waals surface area (Å²) in [6.45, 7) is 2.31. The fourth-order valence-corrected chi connectivity index (χ4v) is 2.46. The molecule has 4 nitrogen and oxygen atoms in total. The first-order valence-corrected chi connectivity index (χ1v) is 8.11. The van der Waals surface area contributed by atoms with Crippen LogP contribution in [0.3, 0.4) is 0 Å². The second kappa shape index (κ2) is 8.27. The van der Waals surface area contributed by atoms with E-state index in [2.05, 4.69) is 0 Å². The van der Waals surface area contributed by atoms with Crippen molar-refractivity contribution in [2.45, 2.75) is 13.5 Å². The van der Waals surface area contributed by atoms with E-state index < -0.39 is 0 Å². The van der Waals surface area contributed by atoms with E-state index in [-0.39, 0.29) is 12.5 Å². The molecule has 0 saturated carbocycles. The van der Waals surface area contributed by atoms with Crippen LogP contribution in [-0.2, 0) is 11.3 Å². The smallest absolute Gasteiger partial charge is 0.260 e. The van der Waals surface area contributed by atoms with Gasteiger partial charge in [0.05, 0.1) is 17.2 Å². The van der Waals surface area contributed by atoms with Crippen LogP contribution in [0, 0.1) is 6.92 Å². The number of carbonyl (C=O) groups excluding carboxylic acids is 1. The molecule has 0 bridgehead atoms. The molecule has 0 aliphatic rings. The fraction of sp³-hybridized carbons (Fsp3) is 0.278. The van der Waals surface area contributed by atoms with Crippen molar-refractivity contribution >= 4 is 29.1 Å². The molecule has 0 unspecified atom stereocenters. The van der Waals surface area contributed by atoms with E-state index in [0.717, 1.165) is 11.1 Å². The van der Waals surface area contributed by atoms with Crippen molar-refractivity contribution in [3.8, 4) is 11.5 Å². The van der Waals surface area contributed by atoms with E-state index in [1.165, 1.54) is 0 Å². The average Bonchev–Trinajstić information content (AvgIpc) is 2.56. The lowest BCUT2D eigenvalue weighted by Gasteiger charge is -2.18. The molecule has 128 valence electrons. The quantitative estimate of drug-likeness (QED) is 0.761. The lowest BCUT2D eigenvalue weighted by atomic mass is 10.2. The zero-order chi connectivity index (χ0) is 17.7. The maximum Gasteiger partial charge on any atom is 0.260 e. The van der Waals surface area contributed by atoms with Crippen LogP contribution in [-0.4, -0.2) is 31.6 Å². The van der Waals surface area contributed by atoms with Crippen LogP contribution in [0.15, 0.2) is 36.4 Å². The molecule has 1 amide bonds. The monoisotopic (exact) mass is 367 g/mol. The minimum absolute atomic E-state index is 0.0722. The molecule has 0 aromatic heterocycles. The number of likely N-dealkylation sites (N-methyl/N-ethyl adjacent to an activating group) is 1. The molecule has 24 heavy (non-hydrogen) atoms. The summed E-state index contributed by atoms with van der Waals surface area (Å²) in [5, 5.41) is 0.958. The topological polar surface area (TPSA) is 38.8 Å². The Labute approximate surface area is 151 Å². The molecular formula is C18H19Cl2NO3. The number of ether oxygens (including phenoxy) is 2. The molecule has 0 radical (unpaired) electrons. The highest BCUT2D eigenvalue weighted by molar-refractivity contribution is 6.42. The average molecular weight is 368 g/mol. The van der Waals surface area contributed by atoms with E-state index in [0.29, 0.717) is 28.1 Å². The van der Waals surface area contributed by atoms with Gasteiger partial charge in [0.15, 0.2) is 18.1 Å². The van der Waals surface area contributed by atoms with Gasteiger partial charge in [-0.2, -0.15) is 0 Å². The maximum absolute atomic E-state index is 12.2. The summed E-state index contributed by atoms with van der Waals surface area (Å²) in [5.74, 6) is 0.998. The molecule has 0 saturated heterocycles. The van der Waals surface area contributed by atoms with E-state index in [1.54, 1.807) is 37.3 Å². The van der Waals surface area contributed by atoms with Gasteiger partial charge in [0.25, 0.3) is 5.91 Å². The number of carbonyl (C=O) groups is 1. The lowest BCUT2D eigenvalue weighted by Crippen LogP contribution is -2.31. The van der Waals surface area contributed by atoms with Crippen LogP contribution < -0.4 is 9.47 Å². The summed E-state index contributed by atoms with van der Waals surface area (Å²) < 4.78 is 10.8. The van der Waals surface area contributed by atoms with Gasteiger partial charge in [0.1, 0.15) is 0 Å². The first-order valence-electron chi connectivity index (χ1n) is 7.36. The zero-order valence-corrected chi connectivity index (χ0v) is 15.3. The largest absolute Gasteiger partial charge is 0.493 e. The van der Waals surface area contributed by atoms with E-state index in [4.69, 9.17) is 32.7 Å². The van der Waals surface area contributed by atoms with Gasteiger partial charge in [-0.25, -0.2) is 0 Å². The second-order valence-corrected chi connectivity index (χ2v) is 6.26. The highest BCUT2D eigenvalue weighted by Crippen LogP contribution is 2.28. The predicted molar refractivity (Wildman–Crippen MR) is 96.2 cm³/mol. The standard InChI is InChI=1S/C18H19Cl2NO3/c1-12-4-7-16(17(8-12)23-3)24-11-18(22)21(2)10-13-5-6-14(19)15(20)9-13/h4-9H,10-11H2,1-3H3. The van der Waals surface area contributed by atoms with Crippen molar-refractivity contribution in [2.75, 3.05) is 20.8 Å². The first kappa shape index (κ1) is 18.4. The van der Waals surface area contributed by atoms with E-state index in [9.17, 15) is 4.79 Å². The normalized spacial score (nSPS) is 10.4. The molecule has 0 heterocycles. The van der Waals surface area contributed by atoms with Gasteiger partial charge in [-0.05, 0) is 42.3 Å². The van der Waals surface area contributed by atoms with Crippen molar-refractivity contribution in [3.05, 3.63) is 57.6 Å². The molecule has 6 heteroatoms. The third-order valence-electron chi connectivity index (χ3n) is 3.50. The molecule has 2 rings (SSSR count). The zero-order valence-electron chi connectivity index (χ0n) is 13.8. The van der Waals surface area contributed by atoms with Crippen molar-refractivity contribution < 1.29 is 14.3 Å². The number of halogens is 2. The Morgan fingerprint density at radius 1 is 1.08 bits per heavy atom. The minimum atomic E-state index is -0.149. The Kier molecular flexibility index (Phi) is 6.35. The van der Waals surface area contributed by atoms with E-state index in [1.807, 2.05) is 25.1 Å². The van der Waals surface area contributed by atoms with Gasteiger partial charge in [-0.3, -0.25) is 4.79 Å². The first-order chi connectivity index (χ1) is 11.4. The summed E-state index contributed by atoms with van der Waals surface area (Å²) in [6.07, 6.45) is 0. The van der Waals surface area contributed by atoms with Crippen LogP contribution in [0.4, 0.5) is 0 Å². The molecule has 2 aromatic rings. The van der Waals surface area contributed by atoms with Gasteiger partial charge in [-0.15, -0.1) is 0 Å². The van der Waals surface area contributed by atoms with Crippen LogP contribution in [0.1, 0.15) is 11.1 Å². The van der Waals surface area contributed by atoms with Gasteiger partial charge >= 0.3 is 0 Å². The summed E-state index contributed by atoms with van der Waals surface area (Å²) in [7, 11) is 3.28. The fourth-order valence-electron chi connectivity index (χ4n) is 2.14. The second-order valence-electron chi connectivity index (χ2n) is 5.44. The summed E-state index contributed by atoms with van der Waals surface area (Å²) >= 11 is 11.9. The lowest BCUT2D eigenvalue weighted by molar-refractivity contribution is -0.132. The molecule has 0 N–H and O–H groups in total. The number of hydrogen-bond acceptors (Lipinski definition) is 3. The molecule has 0 spiro atoms. The van der Waals surface area contributed by atoms with Crippen LogP contribution in [0.25, 0.3) is 0 Å². The molecular weight excluding hydrogens is 349 g/mol. The maximum atomic E-state index is 12.2. The number of amides is 1. The van der Waals surface area contributed by atoms with Gasteiger partial charge in [-0.1, -0.05) is 35.3 Å². The van der Waals surface area contributed by atoms with Gasteiger partial charge < -0.3 is 14.4 Å². The third kappa shape index (κ3) is 4.79. The van der Waals surface area contributed by atoms with Crippen molar-refractivity contribution in [1.82, 2.24) is 4.90 Å². The Morgan fingerprint density at radius 2 is 1.83 bits per heavy atom. The summed E-state index contributed by atoms with van der Waals surface area (Å²) in [4.78, 5) is 13.8. The Bertz CT molecular complexity index is 734. The molecule has 0 aliphatic heterocycles. The van der Waals surface area contributed by atoms with Crippen LogP contribution >= 0.6 is 23.2 Å². The van der Waals surface area contributed by atoms with Crippen molar-refractivity contribution in [2.24, 2.45) is 0 Å². The van der Waals surface area contributed by atoms with Crippen molar-refractivity contribution in [3.63, 3.8) is 0 Å². The van der Waals surface area contributed by atoms with Crippen molar-refractivity contribution in [1.29, 1.82) is 0 Å². The Hall–Kier alpha value is -1.91. The number of aryl methyl sites for hydroxylation is 1. The molecule has 0 atom stereocenters. The van der Waals surface area contributed by atoms with Gasteiger partial charge in [0.2, 0.25) is 0 Å². The molecule has 0 aliphatic carbocycles. The summed E-state index contributed by atoms with van der Waals surface area (Å²) in [6, 6.07) is 10.9. The number of nitrogens with zero attached hydrogens (tertiary/aromatic N) is 1. The molecule has 0 fully saturated rings. The third-order valence-corrected chi connectivity index (χ3v) is 4.24. The Balaban J connectivity index is 1.95. The van der Waals surface area contributed by atoms with Crippen LogP contribution in [0.5, 0.6) is 11.5 Å². The number of methoxy groups -OCH3 is 1. The van der Waals surface area contributed by atoms with E-state index >= 15 is 0 Å². The molecule has 2 aromatic carbocycles. The highest BCUT2D eigenvalue weighted by Gasteiger charge is 2.13. The number of rotatable bonds is 6. The van der Waals surface area contributed by atoms with Crippen LogP contribution in [0.2, 0.25) is 10.0 Å².